The van der Waals surface area contributed by atoms with Crippen LogP contribution >= 0.6 is 24.2 Å². The largest absolute Gasteiger partial charge is 0.382 e. The number of anilines is 2. The van der Waals surface area contributed by atoms with Crippen LogP contribution in [-0.4, -0.2) is 50.9 Å². The van der Waals surface area contributed by atoms with Gasteiger partial charge >= 0.3 is 0 Å². The van der Waals surface area contributed by atoms with Gasteiger partial charge in [0.2, 0.25) is 11.8 Å². The van der Waals surface area contributed by atoms with Gasteiger partial charge in [-0.15, -0.1) is 12.4 Å². The number of halogens is 1. The number of aromatic nitrogens is 3. The van der Waals surface area contributed by atoms with Crippen molar-refractivity contribution in [2.75, 3.05) is 24.1 Å². The Morgan fingerprint density at radius 2 is 1.78 bits per heavy atom. The van der Waals surface area contributed by atoms with Crippen molar-refractivity contribution in [2.24, 2.45) is 0 Å². The average molecular weight is 595 g/mol. The van der Waals surface area contributed by atoms with Gasteiger partial charge in [-0.25, -0.2) is 9.97 Å². The maximum absolute atomic E-state index is 12.5. The Balaban J connectivity index is 0.00000462. The normalized spacial score (nSPS) is 13.9. The van der Waals surface area contributed by atoms with Crippen molar-refractivity contribution >= 4 is 47.5 Å². The number of piperidine rings is 1. The van der Waals surface area contributed by atoms with Gasteiger partial charge in [0.1, 0.15) is 17.5 Å². The SMILES string of the molecule is CC(=O)Nc1ccc(-c2nc(SCc3cccc(CCC(=O)NC(C)N4CCCCC4)n3)nc(N)c2C#N)cc1.Cl. The van der Waals surface area contributed by atoms with Crippen molar-refractivity contribution in [1.82, 2.24) is 25.2 Å². The highest BCUT2D eigenvalue weighted by Crippen LogP contribution is 2.29. The predicted molar refractivity (Wildman–Crippen MR) is 163 cm³/mol. The van der Waals surface area contributed by atoms with E-state index in [1.54, 1.807) is 24.3 Å². The maximum atomic E-state index is 12.5. The number of carbonyl (C=O) groups is 2. The van der Waals surface area contributed by atoms with E-state index in [-0.39, 0.29) is 41.8 Å². The highest BCUT2D eigenvalue weighted by atomic mass is 35.5. The Bertz CT molecular complexity index is 1390. The number of nitrogens with one attached hydrogen (secondary N) is 2. The van der Waals surface area contributed by atoms with E-state index in [4.69, 9.17) is 10.7 Å². The van der Waals surface area contributed by atoms with Crippen LogP contribution in [0, 0.1) is 11.3 Å². The average Bonchev–Trinajstić information content (AvgIpc) is 2.95. The number of amides is 2. The molecule has 0 saturated carbocycles. The molecule has 1 unspecified atom stereocenters. The minimum absolute atomic E-state index is 0. The number of likely N-dealkylation sites (tertiary alicyclic amines) is 1. The van der Waals surface area contributed by atoms with E-state index in [2.05, 4.69) is 31.6 Å². The van der Waals surface area contributed by atoms with Crippen molar-refractivity contribution in [1.29, 1.82) is 5.26 Å². The molecule has 3 heterocycles. The van der Waals surface area contributed by atoms with Gasteiger partial charge < -0.3 is 16.4 Å². The second-order valence-corrected chi connectivity index (χ2v) is 10.7. The van der Waals surface area contributed by atoms with Gasteiger partial charge in [0.25, 0.3) is 0 Å². The van der Waals surface area contributed by atoms with E-state index >= 15 is 0 Å². The molecular formula is C29H35ClN8O2S. The van der Waals surface area contributed by atoms with Gasteiger partial charge in [-0.1, -0.05) is 36.4 Å². The van der Waals surface area contributed by atoms with Crippen LogP contribution in [0.5, 0.6) is 0 Å². The quantitative estimate of drug-likeness (QED) is 0.227. The zero-order valence-electron chi connectivity index (χ0n) is 23.2. The summed E-state index contributed by atoms with van der Waals surface area (Å²) in [6.07, 6.45) is 4.60. The smallest absolute Gasteiger partial charge is 0.221 e. The highest BCUT2D eigenvalue weighted by Gasteiger charge is 2.18. The summed E-state index contributed by atoms with van der Waals surface area (Å²) in [6.45, 7) is 5.55. The lowest BCUT2D eigenvalue weighted by atomic mass is 10.1. The van der Waals surface area contributed by atoms with E-state index in [0.29, 0.717) is 40.7 Å². The van der Waals surface area contributed by atoms with Crippen molar-refractivity contribution in [3.8, 4) is 17.3 Å². The third-order valence-corrected chi connectivity index (χ3v) is 7.52. The fourth-order valence-corrected chi connectivity index (χ4v) is 5.34. The van der Waals surface area contributed by atoms with Gasteiger partial charge in [0.15, 0.2) is 5.16 Å². The second kappa shape index (κ2) is 15.3. The number of nitrogens with two attached hydrogens (primary N) is 1. The van der Waals surface area contributed by atoms with Crippen LogP contribution in [-0.2, 0) is 21.8 Å². The summed E-state index contributed by atoms with van der Waals surface area (Å²) in [5, 5.41) is 15.9. The molecule has 1 saturated heterocycles. The van der Waals surface area contributed by atoms with Crippen LogP contribution in [0.25, 0.3) is 11.3 Å². The second-order valence-electron chi connectivity index (χ2n) is 9.73. The van der Waals surface area contributed by atoms with Gasteiger partial charge in [-0.05, 0) is 50.5 Å². The molecule has 41 heavy (non-hydrogen) atoms. The van der Waals surface area contributed by atoms with Crippen LogP contribution in [0.15, 0.2) is 47.6 Å². The lowest BCUT2D eigenvalue weighted by molar-refractivity contribution is -0.123. The van der Waals surface area contributed by atoms with Crippen molar-refractivity contribution in [3.63, 3.8) is 0 Å². The van der Waals surface area contributed by atoms with Gasteiger partial charge in [0.05, 0.1) is 17.6 Å². The van der Waals surface area contributed by atoms with Crippen LogP contribution in [0.1, 0.15) is 56.5 Å². The van der Waals surface area contributed by atoms with E-state index in [1.165, 1.54) is 37.9 Å². The number of rotatable bonds is 10. The molecule has 0 aliphatic carbocycles. The topological polar surface area (TPSA) is 150 Å². The lowest BCUT2D eigenvalue weighted by Gasteiger charge is -2.32. The first-order valence-corrected chi connectivity index (χ1v) is 14.4. The van der Waals surface area contributed by atoms with Crippen LogP contribution in [0.4, 0.5) is 11.5 Å². The minimum Gasteiger partial charge on any atom is -0.382 e. The summed E-state index contributed by atoms with van der Waals surface area (Å²) in [6, 6.07) is 14.9. The van der Waals surface area contributed by atoms with E-state index in [1.807, 2.05) is 25.1 Å². The van der Waals surface area contributed by atoms with Crippen molar-refractivity contribution in [2.45, 2.75) is 63.0 Å². The highest BCUT2D eigenvalue weighted by molar-refractivity contribution is 7.98. The van der Waals surface area contributed by atoms with Crippen molar-refractivity contribution < 1.29 is 9.59 Å². The third kappa shape index (κ3) is 9.14. The molecular weight excluding hydrogens is 560 g/mol. The fraction of sp³-hybridized carbons (Fsp3) is 0.379. The molecule has 2 amide bonds. The van der Waals surface area contributed by atoms with E-state index < -0.39 is 0 Å². The molecule has 2 aromatic heterocycles. The van der Waals surface area contributed by atoms with Gasteiger partial charge in [0, 0.05) is 49.1 Å². The Kier molecular flexibility index (Phi) is 11.9. The predicted octanol–water partition coefficient (Wildman–Crippen LogP) is 4.55. The first-order valence-electron chi connectivity index (χ1n) is 13.4. The maximum Gasteiger partial charge on any atom is 0.221 e. The fourth-order valence-electron chi connectivity index (χ4n) is 4.59. The Morgan fingerprint density at radius 1 is 1.07 bits per heavy atom. The molecule has 1 fully saturated rings. The Hall–Kier alpha value is -3.72. The number of nitriles is 1. The molecule has 1 aliphatic heterocycles. The first kappa shape index (κ1) is 31.8. The number of hydrogen-bond acceptors (Lipinski definition) is 9. The minimum atomic E-state index is -0.168. The van der Waals surface area contributed by atoms with Crippen molar-refractivity contribution in [3.05, 3.63) is 59.4 Å². The number of pyridine rings is 1. The molecule has 1 aliphatic rings. The Labute approximate surface area is 250 Å². The molecule has 4 rings (SSSR count). The van der Waals surface area contributed by atoms with Crippen LogP contribution in [0.2, 0.25) is 0 Å². The summed E-state index contributed by atoms with van der Waals surface area (Å²) >= 11 is 1.37. The number of aryl methyl sites for hydroxylation is 1. The zero-order valence-corrected chi connectivity index (χ0v) is 24.9. The van der Waals surface area contributed by atoms with Gasteiger partial charge in [-0.2, -0.15) is 5.26 Å². The molecule has 1 atom stereocenters. The molecule has 12 heteroatoms. The monoisotopic (exact) mass is 594 g/mol. The number of nitrogens with zero attached hydrogens (tertiary/aromatic N) is 5. The zero-order chi connectivity index (χ0) is 28.5. The molecule has 4 N–H and O–H groups in total. The molecule has 0 radical (unpaired) electrons. The third-order valence-electron chi connectivity index (χ3n) is 6.64. The van der Waals surface area contributed by atoms with Crippen LogP contribution in [0.3, 0.4) is 0 Å². The summed E-state index contributed by atoms with van der Waals surface area (Å²) < 4.78 is 0. The standard InChI is InChI=1S/C29H34N8O2S.ClH/c1-19(37-15-4-3-5-16-37)32-26(39)14-13-22-7-6-8-24(34-22)18-40-29-35-27(25(17-30)28(31)36-29)21-9-11-23(12-10-21)33-20(2)38;/h6-12,19H,3-5,13-16,18H2,1-2H3,(H,32,39)(H,33,38)(H2,31,35,36);1H. The Morgan fingerprint density at radius 3 is 2.46 bits per heavy atom. The summed E-state index contributed by atoms with van der Waals surface area (Å²) in [5.74, 6) is 0.461. The number of thioether (sulfide) groups is 1. The number of carbonyl (C=O) groups excluding carboxylic acids is 2. The molecule has 10 nitrogen and oxygen atoms in total. The first-order chi connectivity index (χ1) is 19.3. The van der Waals surface area contributed by atoms with E-state index in [0.717, 1.165) is 24.5 Å². The number of hydrogen-bond donors (Lipinski definition) is 3. The molecule has 0 spiro atoms. The number of nitrogen functional groups attached to an aromatic ring is 1. The molecule has 1 aromatic carbocycles. The van der Waals surface area contributed by atoms with Gasteiger partial charge in [-0.3, -0.25) is 19.5 Å². The molecule has 216 valence electrons. The van der Waals surface area contributed by atoms with E-state index in [9.17, 15) is 14.9 Å². The summed E-state index contributed by atoms with van der Waals surface area (Å²) in [4.78, 5) is 39.8. The lowest BCUT2D eigenvalue weighted by Crippen LogP contribution is -2.48. The molecule has 3 aromatic rings. The number of benzene rings is 1. The van der Waals surface area contributed by atoms with Crippen LogP contribution < -0.4 is 16.4 Å². The summed E-state index contributed by atoms with van der Waals surface area (Å²) in [7, 11) is 0. The molecule has 0 bridgehead atoms. The summed E-state index contributed by atoms with van der Waals surface area (Å²) in [5.41, 5.74) is 9.75.